The number of nitrogen functional groups attached to an aromatic ring is 1. The standard InChI is InChI=1S/C23H33N5O3/c1-15(2)27(16(3)4)13-17-6-8-18(9-7-17)14-28-20(29)12-19-21(24)25-23(26-22(19)28)31-11-10-30-5/h6-9,15-16H,10-14H2,1-5H3,(H2,24,25,26). The number of ether oxygens (including phenoxy) is 2. The zero-order chi connectivity index (χ0) is 22.5. The Kier molecular flexibility index (Phi) is 7.46. The molecular formula is C23H33N5O3. The van der Waals surface area contributed by atoms with E-state index in [9.17, 15) is 4.79 Å². The molecule has 0 saturated carbocycles. The number of carbonyl (C=O) groups excluding carboxylic acids is 1. The summed E-state index contributed by atoms with van der Waals surface area (Å²) in [7, 11) is 1.59. The molecule has 0 bridgehead atoms. The Morgan fingerprint density at radius 1 is 1.06 bits per heavy atom. The molecule has 8 nitrogen and oxygen atoms in total. The molecule has 0 unspecified atom stereocenters. The van der Waals surface area contributed by atoms with Gasteiger partial charge in [-0.2, -0.15) is 9.97 Å². The molecule has 1 aromatic carbocycles. The van der Waals surface area contributed by atoms with Gasteiger partial charge < -0.3 is 15.2 Å². The number of nitrogens with zero attached hydrogens (tertiary/aromatic N) is 4. The molecule has 0 spiro atoms. The van der Waals surface area contributed by atoms with E-state index >= 15 is 0 Å². The van der Waals surface area contributed by atoms with E-state index in [-0.39, 0.29) is 24.2 Å². The second kappa shape index (κ2) is 10.1. The maximum Gasteiger partial charge on any atom is 0.320 e. The first-order valence-corrected chi connectivity index (χ1v) is 10.7. The van der Waals surface area contributed by atoms with Gasteiger partial charge in [-0.15, -0.1) is 0 Å². The SMILES string of the molecule is COCCOc1nc(N)c2c(n1)N(Cc1ccc(CN(C(C)C)C(C)C)cc1)C(=O)C2. The highest BCUT2D eigenvalue weighted by Gasteiger charge is 2.32. The molecule has 0 aliphatic carbocycles. The van der Waals surface area contributed by atoms with Gasteiger partial charge in [0.05, 0.1) is 19.6 Å². The Bertz CT molecular complexity index is 891. The zero-order valence-electron chi connectivity index (χ0n) is 19.1. The van der Waals surface area contributed by atoms with E-state index in [0.717, 1.165) is 12.1 Å². The van der Waals surface area contributed by atoms with Crippen LogP contribution < -0.4 is 15.4 Å². The molecule has 0 saturated heterocycles. The molecule has 1 aromatic heterocycles. The molecule has 168 valence electrons. The van der Waals surface area contributed by atoms with E-state index in [1.807, 2.05) is 0 Å². The van der Waals surface area contributed by atoms with Crippen LogP contribution in [0.3, 0.4) is 0 Å². The second-order valence-corrected chi connectivity index (χ2v) is 8.37. The van der Waals surface area contributed by atoms with Crippen LogP contribution in [-0.4, -0.2) is 53.2 Å². The summed E-state index contributed by atoms with van der Waals surface area (Å²) in [4.78, 5) is 25.4. The van der Waals surface area contributed by atoms with Crippen molar-refractivity contribution in [1.29, 1.82) is 0 Å². The average molecular weight is 428 g/mol. The van der Waals surface area contributed by atoms with Crippen molar-refractivity contribution >= 4 is 17.5 Å². The van der Waals surface area contributed by atoms with Crippen LogP contribution in [-0.2, 0) is 29.0 Å². The Morgan fingerprint density at radius 2 is 1.71 bits per heavy atom. The summed E-state index contributed by atoms with van der Waals surface area (Å²) in [5.41, 5.74) is 9.00. The van der Waals surface area contributed by atoms with E-state index in [4.69, 9.17) is 15.2 Å². The molecular weight excluding hydrogens is 394 g/mol. The fraction of sp³-hybridized carbons (Fsp3) is 0.522. The predicted octanol–water partition coefficient (Wildman–Crippen LogP) is 2.79. The van der Waals surface area contributed by atoms with Gasteiger partial charge in [0.25, 0.3) is 0 Å². The number of fused-ring (bicyclic) bond motifs is 1. The predicted molar refractivity (Wildman–Crippen MR) is 121 cm³/mol. The number of amides is 1. The molecule has 2 heterocycles. The molecule has 1 amide bonds. The van der Waals surface area contributed by atoms with E-state index in [0.29, 0.717) is 43.2 Å². The maximum absolute atomic E-state index is 12.7. The number of hydrogen-bond acceptors (Lipinski definition) is 7. The molecule has 0 fully saturated rings. The minimum absolute atomic E-state index is 0.0418. The lowest BCUT2D eigenvalue weighted by Gasteiger charge is -2.30. The molecule has 1 aliphatic heterocycles. The average Bonchev–Trinajstić information content (AvgIpc) is 3.03. The highest BCUT2D eigenvalue weighted by atomic mass is 16.5. The van der Waals surface area contributed by atoms with E-state index in [1.165, 1.54) is 5.56 Å². The van der Waals surface area contributed by atoms with Gasteiger partial charge in [-0.3, -0.25) is 14.6 Å². The maximum atomic E-state index is 12.7. The first kappa shape index (κ1) is 23.0. The molecule has 2 N–H and O–H groups in total. The van der Waals surface area contributed by atoms with Crippen molar-refractivity contribution < 1.29 is 14.3 Å². The summed E-state index contributed by atoms with van der Waals surface area (Å²) in [6.45, 7) is 10.9. The third-order valence-corrected chi connectivity index (χ3v) is 5.46. The second-order valence-electron chi connectivity index (χ2n) is 8.37. The molecule has 8 heteroatoms. The van der Waals surface area contributed by atoms with Crippen molar-refractivity contribution in [1.82, 2.24) is 14.9 Å². The first-order chi connectivity index (χ1) is 14.8. The van der Waals surface area contributed by atoms with Crippen LogP contribution in [0.2, 0.25) is 0 Å². The summed E-state index contributed by atoms with van der Waals surface area (Å²) in [5.74, 6) is 0.769. The Balaban J connectivity index is 1.74. The quantitative estimate of drug-likeness (QED) is 0.583. The topological polar surface area (TPSA) is 93.8 Å². The van der Waals surface area contributed by atoms with E-state index in [2.05, 4.69) is 66.8 Å². The fourth-order valence-electron chi connectivity index (χ4n) is 3.77. The van der Waals surface area contributed by atoms with Gasteiger partial charge in [0.2, 0.25) is 5.91 Å². The minimum atomic E-state index is -0.0418. The van der Waals surface area contributed by atoms with Crippen molar-refractivity contribution in [2.75, 3.05) is 31.0 Å². The highest BCUT2D eigenvalue weighted by molar-refractivity contribution is 6.01. The Morgan fingerprint density at radius 3 is 2.32 bits per heavy atom. The number of aromatic nitrogens is 2. The van der Waals surface area contributed by atoms with Crippen LogP contribution in [0.25, 0.3) is 0 Å². The normalized spacial score (nSPS) is 13.5. The van der Waals surface area contributed by atoms with Crippen molar-refractivity contribution in [2.24, 2.45) is 0 Å². The highest BCUT2D eigenvalue weighted by Crippen LogP contribution is 2.33. The third kappa shape index (κ3) is 5.51. The number of nitrogens with two attached hydrogens (primary N) is 1. The monoisotopic (exact) mass is 427 g/mol. The Hall–Kier alpha value is -2.71. The number of benzene rings is 1. The summed E-state index contributed by atoms with van der Waals surface area (Å²) in [5, 5.41) is 0. The summed E-state index contributed by atoms with van der Waals surface area (Å²) < 4.78 is 10.5. The van der Waals surface area contributed by atoms with Crippen molar-refractivity contribution in [3.05, 3.63) is 41.0 Å². The van der Waals surface area contributed by atoms with Gasteiger partial charge in [0, 0.05) is 31.3 Å². The fourth-order valence-corrected chi connectivity index (χ4v) is 3.77. The molecule has 1 aliphatic rings. The minimum Gasteiger partial charge on any atom is -0.461 e. The van der Waals surface area contributed by atoms with Gasteiger partial charge in [0.1, 0.15) is 18.2 Å². The van der Waals surface area contributed by atoms with Crippen molar-refractivity contribution in [2.45, 2.75) is 59.3 Å². The van der Waals surface area contributed by atoms with Crippen LogP contribution >= 0.6 is 0 Å². The van der Waals surface area contributed by atoms with Gasteiger partial charge in [-0.05, 0) is 38.8 Å². The van der Waals surface area contributed by atoms with Crippen LogP contribution in [0.1, 0.15) is 44.4 Å². The number of methoxy groups -OCH3 is 1. The summed E-state index contributed by atoms with van der Waals surface area (Å²) >= 11 is 0. The van der Waals surface area contributed by atoms with Crippen LogP contribution in [0.5, 0.6) is 6.01 Å². The Labute approximate surface area is 184 Å². The van der Waals surface area contributed by atoms with Crippen LogP contribution in [0.4, 0.5) is 11.6 Å². The summed E-state index contributed by atoms with van der Waals surface area (Å²) in [6.07, 6.45) is 0.204. The van der Waals surface area contributed by atoms with Gasteiger partial charge in [0.15, 0.2) is 0 Å². The number of carbonyl (C=O) groups is 1. The number of anilines is 2. The van der Waals surface area contributed by atoms with E-state index in [1.54, 1.807) is 12.0 Å². The molecule has 2 aromatic rings. The van der Waals surface area contributed by atoms with Crippen molar-refractivity contribution in [3.63, 3.8) is 0 Å². The number of hydrogen-bond donors (Lipinski definition) is 1. The molecule has 3 rings (SSSR count). The van der Waals surface area contributed by atoms with Crippen LogP contribution in [0, 0.1) is 0 Å². The lowest BCUT2D eigenvalue weighted by atomic mass is 10.1. The van der Waals surface area contributed by atoms with Gasteiger partial charge in [-0.1, -0.05) is 24.3 Å². The molecule has 0 atom stereocenters. The van der Waals surface area contributed by atoms with E-state index < -0.39 is 0 Å². The lowest BCUT2D eigenvalue weighted by molar-refractivity contribution is -0.117. The largest absolute Gasteiger partial charge is 0.461 e. The lowest BCUT2D eigenvalue weighted by Crippen LogP contribution is -2.36. The smallest absolute Gasteiger partial charge is 0.320 e. The van der Waals surface area contributed by atoms with Crippen molar-refractivity contribution in [3.8, 4) is 6.01 Å². The van der Waals surface area contributed by atoms with Crippen LogP contribution in [0.15, 0.2) is 24.3 Å². The molecule has 31 heavy (non-hydrogen) atoms. The zero-order valence-corrected chi connectivity index (χ0v) is 19.1. The summed E-state index contributed by atoms with van der Waals surface area (Å²) in [6, 6.07) is 9.50. The van der Waals surface area contributed by atoms with Gasteiger partial charge in [-0.25, -0.2) is 0 Å². The number of rotatable bonds is 10. The molecule has 0 radical (unpaired) electrons. The van der Waals surface area contributed by atoms with Gasteiger partial charge >= 0.3 is 6.01 Å². The third-order valence-electron chi connectivity index (χ3n) is 5.46. The first-order valence-electron chi connectivity index (χ1n) is 10.7.